The molecule has 2 aromatic heterocycles. The Labute approximate surface area is 190 Å². The Bertz CT molecular complexity index is 1140. The minimum absolute atomic E-state index is 0.132. The van der Waals surface area contributed by atoms with Crippen LogP contribution >= 0.6 is 23.2 Å². The van der Waals surface area contributed by atoms with Gasteiger partial charge in [0.05, 0.1) is 21.0 Å². The van der Waals surface area contributed by atoms with Crippen LogP contribution in [0.1, 0.15) is 30.5 Å². The van der Waals surface area contributed by atoms with Crippen molar-refractivity contribution in [3.05, 3.63) is 64.2 Å². The standard InChI is InChI=1S/C19H21Cl2N5O4S/c1-12(18(30-3)19-22-8-13(20)9-23-19)31(27,28)11-17-25-24-16(10-29-2)26(17)15-7-5-4-6-14(15)21/h4-9,12,18H,10-11H2,1-3H3/t12-,18-/m0/s1. The van der Waals surface area contributed by atoms with Crippen molar-refractivity contribution < 1.29 is 17.9 Å². The number of halogens is 2. The van der Waals surface area contributed by atoms with E-state index in [1.54, 1.807) is 28.8 Å². The molecule has 0 radical (unpaired) electrons. The molecule has 0 N–H and O–H groups in total. The fourth-order valence-corrected chi connectivity index (χ4v) is 4.79. The Balaban J connectivity index is 1.97. The maximum absolute atomic E-state index is 13.3. The van der Waals surface area contributed by atoms with Gasteiger partial charge in [-0.2, -0.15) is 0 Å². The van der Waals surface area contributed by atoms with Gasteiger partial charge >= 0.3 is 0 Å². The van der Waals surface area contributed by atoms with E-state index in [9.17, 15) is 8.42 Å². The zero-order valence-electron chi connectivity index (χ0n) is 17.1. The predicted octanol–water partition coefficient (Wildman–Crippen LogP) is 3.20. The highest BCUT2D eigenvalue weighted by Gasteiger charge is 2.34. The molecule has 0 spiro atoms. The molecule has 9 nitrogen and oxygen atoms in total. The number of rotatable bonds is 9. The SMILES string of the molecule is COCc1nnc(CS(=O)(=O)[C@@H](C)[C@H](OC)c2ncc(Cl)cn2)n1-c1ccccc1Cl. The van der Waals surface area contributed by atoms with Crippen molar-refractivity contribution in [3.63, 3.8) is 0 Å². The van der Waals surface area contributed by atoms with Gasteiger partial charge in [0.1, 0.15) is 18.5 Å². The van der Waals surface area contributed by atoms with Crippen LogP contribution in [0, 0.1) is 0 Å². The summed E-state index contributed by atoms with van der Waals surface area (Å²) in [5, 5.41) is 7.98. The Hall–Kier alpha value is -2.11. The first kappa shape index (κ1) is 23.6. The van der Waals surface area contributed by atoms with E-state index in [2.05, 4.69) is 20.2 Å². The van der Waals surface area contributed by atoms with Crippen LogP contribution in [-0.4, -0.2) is 52.6 Å². The number of hydrogen-bond donors (Lipinski definition) is 0. The molecule has 0 aliphatic heterocycles. The molecule has 12 heteroatoms. The Kier molecular flexibility index (Phi) is 7.60. The third-order valence-electron chi connectivity index (χ3n) is 4.64. The fourth-order valence-electron chi connectivity index (χ4n) is 3.06. The van der Waals surface area contributed by atoms with Crippen LogP contribution in [0.25, 0.3) is 5.69 Å². The molecule has 0 aliphatic carbocycles. The summed E-state index contributed by atoms with van der Waals surface area (Å²) in [6.07, 6.45) is 1.89. The first-order chi connectivity index (χ1) is 14.8. The van der Waals surface area contributed by atoms with E-state index in [0.717, 1.165) is 0 Å². The zero-order chi connectivity index (χ0) is 22.6. The summed E-state index contributed by atoms with van der Waals surface area (Å²) in [5.74, 6) is 0.455. The maximum atomic E-state index is 13.3. The van der Waals surface area contributed by atoms with Crippen LogP contribution < -0.4 is 0 Å². The number of para-hydroxylation sites is 1. The van der Waals surface area contributed by atoms with Crippen LogP contribution in [0.3, 0.4) is 0 Å². The molecule has 1 aromatic carbocycles. The summed E-state index contributed by atoms with van der Waals surface area (Å²) in [6, 6.07) is 7.02. The van der Waals surface area contributed by atoms with Gasteiger partial charge in [0.15, 0.2) is 27.3 Å². The molecule has 0 unspecified atom stereocenters. The van der Waals surface area contributed by atoms with Crippen LogP contribution in [-0.2, 0) is 31.7 Å². The molecular weight excluding hydrogens is 465 g/mol. The normalized spacial score (nSPS) is 13.8. The lowest BCUT2D eigenvalue weighted by molar-refractivity contribution is 0.0948. The number of methoxy groups -OCH3 is 2. The van der Waals surface area contributed by atoms with Gasteiger partial charge in [-0.1, -0.05) is 35.3 Å². The predicted molar refractivity (Wildman–Crippen MR) is 116 cm³/mol. The summed E-state index contributed by atoms with van der Waals surface area (Å²) < 4.78 is 38.7. The molecule has 166 valence electrons. The van der Waals surface area contributed by atoms with E-state index in [1.807, 2.05) is 0 Å². The quantitative estimate of drug-likeness (QED) is 0.454. The lowest BCUT2D eigenvalue weighted by Gasteiger charge is -2.21. The van der Waals surface area contributed by atoms with Gasteiger partial charge < -0.3 is 9.47 Å². The first-order valence-corrected chi connectivity index (χ1v) is 11.6. The minimum atomic E-state index is -3.77. The summed E-state index contributed by atoms with van der Waals surface area (Å²) in [7, 11) is -0.859. The average Bonchev–Trinajstić information content (AvgIpc) is 3.12. The Morgan fingerprint density at radius 1 is 1.06 bits per heavy atom. The van der Waals surface area contributed by atoms with Crippen molar-refractivity contribution >= 4 is 33.0 Å². The highest BCUT2D eigenvalue weighted by Crippen LogP contribution is 2.28. The molecule has 3 rings (SSSR count). The molecule has 2 atom stereocenters. The molecule has 0 aliphatic rings. The smallest absolute Gasteiger partial charge is 0.163 e. The molecule has 2 heterocycles. The second kappa shape index (κ2) is 10.0. The average molecular weight is 486 g/mol. The Morgan fingerprint density at radius 2 is 1.71 bits per heavy atom. The molecule has 0 saturated carbocycles. The van der Waals surface area contributed by atoms with Gasteiger partial charge in [0.2, 0.25) is 0 Å². The number of benzene rings is 1. The third-order valence-corrected chi connectivity index (χ3v) is 7.19. The summed E-state index contributed by atoms with van der Waals surface area (Å²) in [4.78, 5) is 8.19. The van der Waals surface area contributed by atoms with Crippen LogP contribution in [0.15, 0.2) is 36.7 Å². The van der Waals surface area contributed by atoms with E-state index in [0.29, 0.717) is 21.6 Å². The molecule has 3 aromatic rings. The number of aromatic nitrogens is 5. The fraction of sp³-hybridized carbons (Fsp3) is 0.368. The largest absolute Gasteiger partial charge is 0.377 e. The second-order valence-corrected chi connectivity index (χ2v) is 9.88. The van der Waals surface area contributed by atoms with Crippen molar-refractivity contribution in [1.82, 2.24) is 24.7 Å². The summed E-state index contributed by atoms with van der Waals surface area (Å²) in [5.41, 5.74) is 0.559. The molecule has 0 bridgehead atoms. The minimum Gasteiger partial charge on any atom is -0.377 e. The molecule has 31 heavy (non-hydrogen) atoms. The van der Waals surface area contributed by atoms with E-state index in [1.165, 1.54) is 33.5 Å². The van der Waals surface area contributed by atoms with Crippen molar-refractivity contribution in [2.75, 3.05) is 14.2 Å². The van der Waals surface area contributed by atoms with Crippen molar-refractivity contribution in [2.45, 2.75) is 30.6 Å². The van der Waals surface area contributed by atoms with Crippen molar-refractivity contribution in [3.8, 4) is 5.69 Å². The highest BCUT2D eigenvalue weighted by atomic mass is 35.5. The molecule has 0 saturated heterocycles. The van der Waals surface area contributed by atoms with Crippen LogP contribution in [0.4, 0.5) is 0 Å². The van der Waals surface area contributed by atoms with E-state index < -0.39 is 26.9 Å². The lowest BCUT2D eigenvalue weighted by atomic mass is 10.2. The number of sulfone groups is 1. The molecule has 0 amide bonds. The van der Waals surface area contributed by atoms with Crippen LogP contribution in [0.5, 0.6) is 0 Å². The van der Waals surface area contributed by atoms with Crippen molar-refractivity contribution in [2.24, 2.45) is 0 Å². The second-order valence-electron chi connectivity index (χ2n) is 6.68. The van der Waals surface area contributed by atoms with Gasteiger partial charge in [-0.05, 0) is 19.1 Å². The van der Waals surface area contributed by atoms with E-state index in [4.69, 9.17) is 32.7 Å². The number of nitrogens with zero attached hydrogens (tertiary/aromatic N) is 5. The highest BCUT2D eigenvalue weighted by molar-refractivity contribution is 7.91. The van der Waals surface area contributed by atoms with Crippen LogP contribution in [0.2, 0.25) is 10.0 Å². The topological polar surface area (TPSA) is 109 Å². The van der Waals surface area contributed by atoms with Gasteiger partial charge in [0.25, 0.3) is 0 Å². The lowest BCUT2D eigenvalue weighted by Crippen LogP contribution is -2.30. The van der Waals surface area contributed by atoms with Gasteiger partial charge in [-0.15, -0.1) is 10.2 Å². The number of ether oxygens (including phenoxy) is 2. The third kappa shape index (κ3) is 5.21. The van der Waals surface area contributed by atoms with E-state index >= 15 is 0 Å². The zero-order valence-corrected chi connectivity index (χ0v) is 19.4. The summed E-state index contributed by atoms with van der Waals surface area (Å²) in [6.45, 7) is 1.67. The van der Waals surface area contributed by atoms with E-state index in [-0.39, 0.29) is 18.3 Å². The van der Waals surface area contributed by atoms with Crippen molar-refractivity contribution in [1.29, 1.82) is 0 Å². The summed E-state index contributed by atoms with van der Waals surface area (Å²) >= 11 is 12.2. The monoisotopic (exact) mass is 485 g/mol. The molecular formula is C19H21Cl2N5O4S. The van der Waals surface area contributed by atoms with Gasteiger partial charge in [-0.25, -0.2) is 18.4 Å². The van der Waals surface area contributed by atoms with Gasteiger partial charge in [-0.3, -0.25) is 4.57 Å². The first-order valence-electron chi connectivity index (χ1n) is 9.17. The number of hydrogen-bond acceptors (Lipinski definition) is 8. The molecule has 0 fully saturated rings. The van der Waals surface area contributed by atoms with Gasteiger partial charge in [0, 0.05) is 26.6 Å². The maximum Gasteiger partial charge on any atom is 0.163 e. The Morgan fingerprint density at radius 3 is 2.32 bits per heavy atom.